The van der Waals surface area contributed by atoms with Crippen LogP contribution >= 0.6 is 0 Å². The Morgan fingerprint density at radius 3 is 2.62 bits per heavy atom. The number of fused-ring (bicyclic) bond motifs is 1. The van der Waals surface area contributed by atoms with Gasteiger partial charge in [0, 0.05) is 25.8 Å². The van der Waals surface area contributed by atoms with Gasteiger partial charge in [-0.2, -0.15) is 0 Å². The number of aromatic nitrogens is 2. The third kappa shape index (κ3) is 3.57. The number of anilines is 1. The number of hydrogen-bond acceptors (Lipinski definition) is 4. The molecular weight excluding hydrogens is 324 g/mol. The third-order valence-electron chi connectivity index (χ3n) is 4.59. The van der Waals surface area contributed by atoms with Gasteiger partial charge in [-0.05, 0) is 29.2 Å². The molecule has 0 bridgehead atoms. The highest BCUT2D eigenvalue weighted by Gasteiger charge is 2.22. The highest BCUT2D eigenvalue weighted by Crippen LogP contribution is 2.20. The van der Waals surface area contributed by atoms with E-state index < -0.39 is 0 Å². The molecule has 0 unspecified atom stereocenters. The summed E-state index contributed by atoms with van der Waals surface area (Å²) in [5, 5.41) is 3.18. The number of nitrogens with one attached hydrogen (secondary N) is 1. The topological polar surface area (TPSA) is 58.1 Å². The first-order valence-corrected chi connectivity index (χ1v) is 8.76. The van der Waals surface area contributed by atoms with Crippen molar-refractivity contribution in [3.8, 4) is 0 Å². The van der Waals surface area contributed by atoms with Crippen molar-refractivity contribution in [3.63, 3.8) is 0 Å². The molecule has 0 saturated carbocycles. The molecule has 2 heterocycles. The molecule has 5 heteroatoms. The lowest BCUT2D eigenvalue weighted by Gasteiger charge is -2.28. The average molecular weight is 344 g/mol. The van der Waals surface area contributed by atoms with E-state index in [0.717, 1.165) is 12.0 Å². The number of carbonyl (C=O) groups excluding carboxylic acids is 1. The first kappa shape index (κ1) is 16.3. The van der Waals surface area contributed by atoms with E-state index in [1.807, 2.05) is 47.4 Å². The van der Waals surface area contributed by atoms with Gasteiger partial charge in [-0.25, -0.2) is 9.97 Å². The Morgan fingerprint density at radius 1 is 1.00 bits per heavy atom. The molecule has 3 aromatic rings. The molecule has 1 aliphatic heterocycles. The van der Waals surface area contributed by atoms with Crippen molar-refractivity contribution in [1.82, 2.24) is 14.9 Å². The van der Waals surface area contributed by atoms with Gasteiger partial charge in [0.2, 0.25) is 5.95 Å². The standard InChI is InChI=1S/C21H20N4O/c26-20(25-13-11-17-8-4-5-9-18(17)15-25)19-10-12-22-21(24-19)23-14-16-6-2-1-3-7-16/h1-10,12H,11,13-15H2,(H,22,23,24). The molecule has 0 saturated heterocycles. The number of amides is 1. The van der Waals surface area contributed by atoms with E-state index in [1.54, 1.807) is 12.3 Å². The minimum Gasteiger partial charge on any atom is -0.350 e. The average Bonchev–Trinajstić information content (AvgIpc) is 2.72. The third-order valence-corrected chi connectivity index (χ3v) is 4.59. The first-order valence-electron chi connectivity index (χ1n) is 8.76. The second kappa shape index (κ2) is 7.35. The van der Waals surface area contributed by atoms with Crippen LogP contribution in [0.15, 0.2) is 66.9 Å². The van der Waals surface area contributed by atoms with Crippen LogP contribution in [0.4, 0.5) is 5.95 Å². The maximum Gasteiger partial charge on any atom is 0.272 e. The first-order chi connectivity index (χ1) is 12.8. The molecule has 4 rings (SSSR count). The largest absolute Gasteiger partial charge is 0.350 e. The predicted molar refractivity (Wildman–Crippen MR) is 101 cm³/mol. The molecule has 0 spiro atoms. The fraction of sp³-hybridized carbons (Fsp3) is 0.190. The van der Waals surface area contributed by atoms with Crippen LogP contribution in [-0.4, -0.2) is 27.3 Å². The fourth-order valence-corrected chi connectivity index (χ4v) is 3.17. The molecular formula is C21H20N4O. The minimum absolute atomic E-state index is 0.0512. The highest BCUT2D eigenvalue weighted by atomic mass is 16.2. The summed E-state index contributed by atoms with van der Waals surface area (Å²) in [6.45, 7) is 1.97. The minimum atomic E-state index is -0.0512. The van der Waals surface area contributed by atoms with Crippen LogP contribution in [0.5, 0.6) is 0 Å². The molecule has 1 N–H and O–H groups in total. The Bertz CT molecular complexity index is 911. The number of rotatable bonds is 4. The predicted octanol–water partition coefficient (Wildman–Crippen LogP) is 3.29. The van der Waals surface area contributed by atoms with Crippen LogP contribution < -0.4 is 5.32 Å². The Hall–Kier alpha value is -3.21. The number of nitrogens with zero attached hydrogens (tertiary/aromatic N) is 3. The second-order valence-corrected chi connectivity index (χ2v) is 6.35. The molecule has 2 aromatic carbocycles. The fourth-order valence-electron chi connectivity index (χ4n) is 3.17. The molecule has 1 amide bonds. The van der Waals surface area contributed by atoms with Crippen LogP contribution in [0.1, 0.15) is 27.2 Å². The monoisotopic (exact) mass is 344 g/mol. The molecule has 1 aromatic heterocycles. The lowest BCUT2D eigenvalue weighted by molar-refractivity contribution is 0.0728. The van der Waals surface area contributed by atoms with Gasteiger partial charge in [-0.15, -0.1) is 0 Å². The van der Waals surface area contributed by atoms with Crippen LogP contribution in [0.3, 0.4) is 0 Å². The summed E-state index contributed by atoms with van der Waals surface area (Å²) >= 11 is 0. The van der Waals surface area contributed by atoms with Crippen molar-refractivity contribution >= 4 is 11.9 Å². The Morgan fingerprint density at radius 2 is 1.77 bits per heavy atom. The van der Waals surface area contributed by atoms with Crippen molar-refractivity contribution < 1.29 is 4.79 Å². The van der Waals surface area contributed by atoms with Crippen LogP contribution in [0.25, 0.3) is 0 Å². The maximum absolute atomic E-state index is 12.8. The quantitative estimate of drug-likeness (QED) is 0.789. The second-order valence-electron chi connectivity index (χ2n) is 6.35. The van der Waals surface area contributed by atoms with Crippen molar-refractivity contribution in [1.29, 1.82) is 0 Å². The smallest absolute Gasteiger partial charge is 0.272 e. The molecule has 1 aliphatic rings. The van der Waals surface area contributed by atoms with Crippen molar-refractivity contribution in [2.45, 2.75) is 19.5 Å². The SMILES string of the molecule is O=C(c1ccnc(NCc2ccccc2)n1)N1CCc2ccccc2C1. The van der Waals surface area contributed by atoms with E-state index in [2.05, 4.69) is 27.4 Å². The molecule has 0 radical (unpaired) electrons. The lowest BCUT2D eigenvalue weighted by Crippen LogP contribution is -2.36. The van der Waals surface area contributed by atoms with E-state index in [9.17, 15) is 4.79 Å². The summed E-state index contributed by atoms with van der Waals surface area (Å²) in [5.74, 6) is 0.418. The van der Waals surface area contributed by atoms with Gasteiger partial charge >= 0.3 is 0 Å². The van der Waals surface area contributed by atoms with E-state index in [1.165, 1.54) is 11.1 Å². The van der Waals surface area contributed by atoms with E-state index in [4.69, 9.17) is 0 Å². The number of benzene rings is 2. The number of carbonyl (C=O) groups is 1. The van der Waals surface area contributed by atoms with Gasteiger partial charge in [-0.1, -0.05) is 54.6 Å². The lowest BCUT2D eigenvalue weighted by atomic mass is 10.00. The molecule has 5 nitrogen and oxygen atoms in total. The van der Waals surface area contributed by atoms with Gasteiger partial charge < -0.3 is 10.2 Å². The zero-order valence-corrected chi connectivity index (χ0v) is 14.4. The summed E-state index contributed by atoms with van der Waals surface area (Å²) in [5.41, 5.74) is 4.10. The van der Waals surface area contributed by atoms with Crippen LogP contribution in [0, 0.1) is 0 Å². The molecule has 0 aliphatic carbocycles. The summed E-state index contributed by atoms with van der Waals surface area (Å²) in [6.07, 6.45) is 2.51. The van der Waals surface area contributed by atoms with E-state index >= 15 is 0 Å². The van der Waals surface area contributed by atoms with E-state index in [0.29, 0.717) is 31.3 Å². The molecule has 130 valence electrons. The summed E-state index contributed by atoms with van der Waals surface area (Å²) < 4.78 is 0. The zero-order valence-electron chi connectivity index (χ0n) is 14.4. The molecule has 0 atom stereocenters. The van der Waals surface area contributed by atoms with Crippen molar-refractivity contribution in [2.75, 3.05) is 11.9 Å². The van der Waals surface area contributed by atoms with Gasteiger partial charge in [0.25, 0.3) is 5.91 Å². The van der Waals surface area contributed by atoms with Gasteiger partial charge in [0.15, 0.2) is 0 Å². The van der Waals surface area contributed by atoms with Gasteiger partial charge in [0.05, 0.1) is 0 Å². The Balaban J connectivity index is 1.45. The molecule has 0 fully saturated rings. The van der Waals surface area contributed by atoms with Gasteiger partial charge in [0.1, 0.15) is 5.69 Å². The highest BCUT2D eigenvalue weighted by molar-refractivity contribution is 5.92. The molecule has 26 heavy (non-hydrogen) atoms. The van der Waals surface area contributed by atoms with Gasteiger partial charge in [-0.3, -0.25) is 4.79 Å². The van der Waals surface area contributed by atoms with Crippen LogP contribution in [0.2, 0.25) is 0 Å². The Kier molecular flexibility index (Phi) is 4.60. The normalized spacial score (nSPS) is 13.2. The van der Waals surface area contributed by atoms with Crippen molar-refractivity contribution in [3.05, 3.63) is 89.2 Å². The maximum atomic E-state index is 12.8. The zero-order chi connectivity index (χ0) is 17.8. The Labute approximate surface area is 152 Å². The summed E-state index contributed by atoms with van der Waals surface area (Å²) in [4.78, 5) is 23.3. The summed E-state index contributed by atoms with van der Waals surface area (Å²) in [6, 6.07) is 20.0. The summed E-state index contributed by atoms with van der Waals surface area (Å²) in [7, 11) is 0. The van der Waals surface area contributed by atoms with Crippen molar-refractivity contribution in [2.24, 2.45) is 0 Å². The van der Waals surface area contributed by atoms with Crippen LogP contribution in [-0.2, 0) is 19.5 Å². The van der Waals surface area contributed by atoms with E-state index in [-0.39, 0.29) is 5.91 Å². The number of hydrogen-bond donors (Lipinski definition) is 1.